The maximum absolute atomic E-state index is 13.3. The highest BCUT2D eigenvalue weighted by Gasteiger charge is 2.21. The van der Waals surface area contributed by atoms with Crippen molar-refractivity contribution >= 4 is 11.7 Å². The van der Waals surface area contributed by atoms with Crippen LogP contribution in [0.2, 0.25) is 0 Å². The zero-order chi connectivity index (χ0) is 24.2. The number of rotatable bonds is 9. The van der Waals surface area contributed by atoms with E-state index in [1.807, 2.05) is 31.2 Å². The summed E-state index contributed by atoms with van der Waals surface area (Å²) in [6.45, 7) is 4.04. The first-order valence-electron chi connectivity index (χ1n) is 11.3. The number of carboxylic acids is 1. The Kier molecular flexibility index (Phi) is 6.81. The molecule has 1 saturated carbocycles. The van der Waals surface area contributed by atoms with E-state index in [-0.39, 0.29) is 18.7 Å². The van der Waals surface area contributed by atoms with Gasteiger partial charge in [0.2, 0.25) is 5.62 Å². The van der Waals surface area contributed by atoms with Gasteiger partial charge in [0.15, 0.2) is 0 Å². The van der Waals surface area contributed by atoms with Crippen molar-refractivity contribution in [1.82, 2.24) is 14.1 Å². The SMILES string of the molecule is Cc1ccc(Cn2c(=O)n(C[C@H](C)C(=O)O)c(=O)[nH]/c2=N\c2ccc(OCC3CC3)cc2)cc1. The van der Waals surface area contributed by atoms with Crippen molar-refractivity contribution < 1.29 is 14.6 Å². The van der Waals surface area contributed by atoms with Crippen LogP contribution in [0.1, 0.15) is 30.9 Å². The average Bonchev–Trinajstić information content (AvgIpc) is 3.64. The number of nitrogens with one attached hydrogen (secondary N) is 1. The van der Waals surface area contributed by atoms with Gasteiger partial charge in [-0.2, -0.15) is 0 Å². The van der Waals surface area contributed by atoms with E-state index in [1.54, 1.807) is 24.3 Å². The molecular weight excluding hydrogens is 436 g/mol. The first kappa shape index (κ1) is 23.3. The van der Waals surface area contributed by atoms with Crippen LogP contribution < -0.4 is 21.7 Å². The highest BCUT2D eigenvalue weighted by Crippen LogP contribution is 2.29. The Morgan fingerprint density at radius 3 is 2.41 bits per heavy atom. The highest BCUT2D eigenvalue weighted by molar-refractivity contribution is 5.69. The second-order valence-electron chi connectivity index (χ2n) is 8.82. The fourth-order valence-corrected chi connectivity index (χ4v) is 3.41. The standard InChI is InChI=1S/C25H28N4O5/c1-16-3-5-18(6-4-16)14-28-23(27-24(32)29(25(28)33)13-17(2)22(30)31)26-20-9-11-21(12-10-20)34-15-19-7-8-19/h3-6,9-12,17,19H,7-8,13-15H2,1-2H3,(H,30,31)(H,26,27,32)/t17-/m0/s1. The van der Waals surface area contributed by atoms with E-state index in [0.29, 0.717) is 18.2 Å². The predicted molar refractivity (Wildman–Crippen MR) is 126 cm³/mol. The zero-order valence-electron chi connectivity index (χ0n) is 19.2. The summed E-state index contributed by atoms with van der Waals surface area (Å²) in [5, 5.41) is 9.24. The van der Waals surface area contributed by atoms with Gasteiger partial charge in [-0.05, 0) is 55.5 Å². The number of aryl methyl sites for hydroxylation is 1. The molecule has 0 amide bonds. The number of nitrogens with zero attached hydrogens (tertiary/aromatic N) is 3. The topological polar surface area (TPSA) is 119 Å². The number of hydrogen-bond donors (Lipinski definition) is 2. The lowest BCUT2D eigenvalue weighted by Gasteiger charge is -2.13. The van der Waals surface area contributed by atoms with E-state index in [9.17, 15) is 19.5 Å². The summed E-state index contributed by atoms with van der Waals surface area (Å²) in [6, 6.07) is 14.8. The maximum Gasteiger partial charge on any atom is 0.335 e. The number of aromatic amines is 1. The van der Waals surface area contributed by atoms with E-state index in [0.717, 1.165) is 21.4 Å². The van der Waals surface area contributed by atoms with Gasteiger partial charge in [-0.15, -0.1) is 0 Å². The molecule has 9 heteroatoms. The summed E-state index contributed by atoms with van der Waals surface area (Å²) in [5.41, 5.74) is 1.22. The Morgan fingerprint density at radius 2 is 1.79 bits per heavy atom. The van der Waals surface area contributed by atoms with Gasteiger partial charge < -0.3 is 9.84 Å². The fraction of sp³-hybridized carbons (Fsp3) is 0.360. The minimum absolute atomic E-state index is 0.0847. The number of aromatic nitrogens is 3. The Balaban J connectivity index is 1.73. The summed E-state index contributed by atoms with van der Waals surface area (Å²) in [5.74, 6) is -0.609. The van der Waals surface area contributed by atoms with E-state index in [2.05, 4.69) is 9.98 Å². The fourth-order valence-electron chi connectivity index (χ4n) is 3.41. The van der Waals surface area contributed by atoms with Crippen LogP contribution in [-0.2, 0) is 17.9 Å². The molecule has 0 saturated heterocycles. The molecule has 1 aromatic heterocycles. The second-order valence-corrected chi connectivity index (χ2v) is 8.82. The lowest BCUT2D eigenvalue weighted by atomic mass is 10.1. The van der Waals surface area contributed by atoms with Gasteiger partial charge in [0.05, 0.1) is 24.8 Å². The van der Waals surface area contributed by atoms with Gasteiger partial charge in [0.25, 0.3) is 0 Å². The van der Waals surface area contributed by atoms with E-state index in [4.69, 9.17) is 4.74 Å². The normalized spacial score (nSPS) is 14.7. The number of ether oxygens (including phenoxy) is 1. The molecule has 1 fully saturated rings. The number of aliphatic carboxylic acids is 1. The van der Waals surface area contributed by atoms with Crippen LogP contribution in [0.25, 0.3) is 0 Å². The number of benzene rings is 2. The first-order valence-corrected chi connectivity index (χ1v) is 11.3. The van der Waals surface area contributed by atoms with Crippen molar-refractivity contribution in [3.05, 3.63) is 86.2 Å². The van der Waals surface area contributed by atoms with Crippen LogP contribution in [0.3, 0.4) is 0 Å². The van der Waals surface area contributed by atoms with Crippen molar-refractivity contribution in [2.75, 3.05) is 6.61 Å². The summed E-state index contributed by atoms with van der Waals surface area (Å²) < 4.78 is 8.00. The molecule has 1 atom stereocenters. The van der Waals surface area contributed by atoms with Gasteiger partial charge in [0.1, 0.15) is 5.75 Å². The molecule has 0 bridgehead atoms. The van der Waals surface area contributed by atoms with E-state index < -0.39 is 23.3 Å². The molecule has 1 heterocycles. The largest absolute Gasteiger partial charge is 0.493 e. The van der Waals surface area contributed by atoms with Crippen molar-refractivity contribution in [2.45, 2.75) is 39.8 Å². The molecule has 4 rings (SSSR count). The summed E-state index contributed by atoms with van der Waals surface area (Å²) >= 11 is 0. The lowest BCUT2D eigenvalue weighted by molar-refractivity contribution is -0.141. The molecule has 0 spiro atoms. The maximum atomic E-state index is 13.3. The van der Waals surface area contributed by atoms with Gasteiger partial charge in [-0.25, -0.2) is 19.1 Å². The average molecular weight is 465 g/mol. The highest BCUT2D eigenvalue weighted by atomic mass is 16.5. The van der Waals surface area contributed by atoms with Gasteiger partial charge in [-0.3, -0.25) is 14.3 Å². The number of carboxylic acid groups (broad SMARTS) is 1. The van der Waals surface area contributed by atoms with Crippen molar-refractivity contribution in [3.8, 4) is 5.75 Å². The molecule has 0 radical (unpaired) electrons. The van der Waals surface area contributed by atoms with Crippen LogP contribution in [0.5, 0.6) is 5.75 Å². The van der Waals surface area contributed by atoms with E-state index in [1.165, 1.54) is 24.3 Å². The molecule has 0 unspecified atom stereocenters. The minimum Gasteiger partial charge on any atom is -0.493 e. The van der Waals surface area contributed by atoms with Crippen molar-refractivity contribution in [1.29, 1.82) is 0 Å². The third kappa shape index (κ3) is 5.72. The molecule has 178 valence electrons. The lowest BCUT2D eigenvalue weighted by Crippen LogP contribution is -2.51. The van der Waals surface area contributed by atoms with Crippen molar-refractivity contribution in [3.63, 3.8) is 0 Å². The Morgan fingerprint density at radius 1 is 1.12 bits per heavy atom. The van der Waals surface area contributed by atoms with Crippen LogP contribution in [0.15, 0.2) is 63.1 Å². The zero-order valence-corrected chi connectivity index (χ0v) is 19.2. The van der Waals surface area contributed by atoms with Crippen LogP contribution in [0, 0.1) is 18.8 Å². The third-order valence-corrected chi connectivity index (χ3v) is 5.78. The quantitative estimate of drug-likeness (QED) is 0.504. The predicted octanol–water partition coefficient (Wildman–Crippen LogP) is 2.44. The molecule has 2 N–H and O–H groups in total. The number of H-pyrrole nitrogens is 1. The molecule has 34 heavy (non-hydrogen) atoms. The summed E-state index contributed by atoms with van der Waals surface area (Å²) in [7, 11) is 0. The molecule has 1 aliphatic rings. The first-order chi connectivity index (χ1) is 16.3. The van der Waals surface area contributed by atoms with Gasteiger partial charge in [-0.1, -0.05) is 36.8 Å². The van der Waals surface area contributed by atoms with Crippen LogP contribution in [0.4, 0.5) is 5.69 Å². The summed E-state index contributed by atoms with van der Waals surface area (Å²) in [4.78, 5) is 44.4. The Hall–Kier alpha value is -3.88. The third-order valence-electron chi connectivity index (χ3n) is 5.78. The number of carbonyl (C=O) groups is 1. The number of hydrogen-bond acceptors (Lipinski definition) is 5. The smallest absolute Gasteiger partial charge is 0.335 e. The van der Waals surface area contributed by atoms with Crippen molar-refractivity contribution in [2.24, 2.45) is 16.8 Å². The minimum atomic E-state index is -1.09. The second kappa shape index (κ2) is 9.94. The summed E-state index contributed by atoms with van der Waals surface area (Å²) in [6.07, 6.45) is 2.41. The van der Waals surface area contributed by atoms with Gasteiger partial charge in [0, 0.05) is 6.54 Å². The van der Waals surface area contributed by atoms with E-state index >= 15 is 0 Å². The molecule has 2 aromatic carbocycles. The molecule has 9 nitrogen and oxygen atoms in total. The monoisotopic (exact) mass is 464 g/mol. The molecule has 3 aromatic rings. The Labute approximate surface area is 196 Å². The van der Waals surface area contributed by atoms with Gasteiger partial charge >= 0.3 is 17.3 Å². The molecular formula is C25H28N4O5. The van der Waals surface area contributed by atoms with Crippen LogP contribution >= 0.6 is 0 Å². The van der Waals surface area contributed by atoms with Crippen LogP contribution in [-0.4, -0.2) is 31.8 Å². The molecule has 1 aliphatic carbocycles. The Bertz CT molecular complexity index is 1350. The molecule has 0 aliphatic heterocycles.